The molecule has 0 aliphatic carbocycles. The lowest BCUT2D eigenvalue weighted by molar-refractivity contribution is -0.120. The van der Waals surface area contributed by atoms with Crippen molar-refractivity contribution in [2.45, 2.75) is 82.8 Å². The van der Waals surface area contributed by atoms with E-state index in [-0.39, 0.29) is 29.6 Å². The molecule has 2 fully saturated rings. The van der Waals surface area contributed by atoms with Gasteiger partial charge in [-0.1, -0.05) is 54.6 Å². The Morgan fingerprint density at radius 1 is 0.643 bits per heavy atom. The van der Waals surface area contributed by atoms with Crippen LogP contribution < -0.4 is 20.4 Å². The summed E-state index contributed by atoms with van der Waals surface area (Å²) in [6.45, 7) is 7.33. The lowest BCUT2D eigenvalue weighted by atomic mass is 10.1. The van der Waals surface area contributed by atoms with E-state index in [1.165, 1.54) is 12.7 Å². The molecule has 2 atom stereocenters. The number of carbonyl (C=O) groups excluding carboxylic acids is 4. The number of nitrogens with one attached hydrogen (secondary N) is 2. The Bertz CT molecular complexity index is 2830. The maximum absolute atomic E-state index is 13.5. The summed E-state index contributed by atoms with van der Waals surface area (Å²) in [6.07, 6.45) is 5.68. The highest BCUT2D eigenvalue weighted by molar-refractivity contribution is 6.01. The SMILES string of the molecule is COC1CN(CCc2cc3n(n2)CC[C@H](NC(=O)c2ncn(Cc4ccccc4COC4CN(CCc5cc6n(n5)CC[C@@H](NC(=O)c5ncn(Cc7ccccc7)n5)C(=O)N6C)C4)n2)C(=O)N3C)C1. The van der Waals surface area contributed by atoms with Gasteiger partial charge < -0.3 is 20.1 Å². The van der Waals surface area contributed by atoms with Gasteiger partial charge in [0.25, 0.3) is 23.6 Å². The monoisotopic (exact) mass is 954 g/mol. The number of amides is 4. The molecule has 2 aromatic carbocycles. The number of likely N-dealkylation sites (tertiary alicyclic amines) is 2. The van der Waals surface area contributed by atoms with E-state index in [0.717, 1.165) is 73.8 Å². The van der Waals surface area contributed by atoms with Crippen LogP contribution >= 0.6 is 0 Å². The highest BCUT2D eigenvalue weighted by atomic mass is 16.5. The highest BCUT2D eigenvalue weighted by Crippen LogP contribution is 2.25. The number of hydrogen-bond donors (Lipinski definition) is 2. The van der Waals surface area contributed by atoms with Gasteiger partial charge in [0.05, 0.1) is 43.3 Å². The maximum atomic E-state index is 13.5. The van der Waals surface area contributed by atoms with Crippen molar-refractivity contribution in [3.63, 3.8) is 0 Å². The topological polar surface area (TPSA) is 221 Å². The van der Waals surface area contributed by atoms with Gasteiger partial charge in [-0.15, -0.1) is 10.2 Å². The molecule has 22 nitrogen and oxygen atoms in total. The Labute approximate surface area is 404 Å². The van der Waals surface area contributed by atoms with Crippen LogP contribution in [0.4, 0.5) is 11.6 Å². The Morgan fingerprint density at radius 3 is 1.69 bits per heavy atom. The van der Waals surface area contributed by atoms with E-state index in [0.29, 0.717) is 69.8 Å². The number of aromatic nitrogens is 10. The van der Waals surface area contributed by atoms with Crippen molar-refractivity contribution in [2.75, 3.05) is 70.3 Å². The number of ether oxygens (including phenoxy) is 2. The fraction of sp³-hybridized carbons (Fsp3) is 0.458. The Hall–Kier alpha value is -7.14. The molecule has 6 aromatic rings. The third-order valence-electron chi connectivity index (χ3n) is 13.6. The molecule has 4 amide bonds. The molecule has 8 heterocycles. The number of anilines is 2. The van der Waals surface area contributed by atoms with Crippen LogP contribution in [0.5, 0.6) is 0 Å². The van der Waals surface area contributed by atoms with Crippen molar-refractivity contribution in [1.82, 2.24) is 69.5 Å². The van der Waals surface area contributed by atoms with Gasteiger partial charge in [-0.05, 0) is 29.5 Å². The van der Waals surface area contributed by atoms with Crippen LogP contribution in [-0.2, 0) is 64.7 Å². The number of hydrogen-bond acceptors (Lipinski definition) is 14. The van der Waals surface area contributed by atoms with Crippen LogP contribution in [0.3, 0.4) is 0 Å². The van der Waals surface area contributed by atoms with Crippen LogP contribution in [0.15, 0.2) is 79.4 Å². The Kier molecular flexibility index (Phi) is 13.6. The van der Waals surface area contributed by atoms with Gasteiger partial charge in [0.2, 0.25) is 11.6 Å². The molecule has 70 heavy (non-hydrogen) atoms. The smallest absolute Gasteiger partial charge is 0.291 e. The van der Waals surface area contributed by atoms with E-state index in [1.807, 2.05) is 76.1 Å². The van der Waals surface area contributed by atoms with Crippen LogP contribution in [0.2, 0.25) is 0 Å². The van der Waals surface area contributed by atoms with Crippen LogP contribution in [0.1, 0.15) is 62.2 Å². The summed E-state index contributed by atoms with van der Waals surface area (Å²) >= 11 is 0. The number of likely N-dealkylation sites (N-methyl/N-ethyl adjacent to an activating group) is 2. The number of aryl methyl sites for hydroxylation is 2. The molecule has 10 rings (SSSR count). The molecule has 0 radical (unpaired) electrons. The van der Waals surface area contributed by atoms with Crippen molar-refractivity contribution in [1.29, 1.82) is 0 Å². The zero-order chi connectivity index (χ0) is 48.3. The summed E-state index contributed by atoms with van der Waals surface area (Å²) in [7, 11) is 5.15. The van der Waals surface area contributed by atoms with Crippen molar-refractivity contribution in [3.8, 4) is 0 Å². The average molecular weight is 955 g/mol. The van der Waals surface area contributed by atoms with Crippen LogP contribution in [0, 0.1) is 0 Å². The molecule has 4 aromatic heterocycles. The van der Waals surface area contributed by atoms with E-state index >= 15 is 0 Å². The molecule has 0 unspecified atom stereocenters. The van der Waals surface area contributed by atoms with Crippen LogP contribution in [-0.4, -0.2) is 167 Å². The number of carbonyl (C=O) groups is 4. The van der Waals surface area contributed by atoms with E-state index < -0.39 is 23.9 Å². The molecule has 0 saturated carbocycles. The number of nitrogens with zero attached hydrogens (tertiary/aromatic N) is 14. The fourth-order valence-electron chi connectivity index (χ4n) is 9.35. The number of rotatable bonds is 18. The first-order valence-electron chi connectivity index (χ1n) is 23.8. The minimum Gasteiger partial charge on any atom is -0.379 e. The molecule has 4 aliphatic heterocycles. The quantitative estimate of drug-likeness (QED) is 0.123. The molecular weight excluding hydrogens is 897 g/mol. The Morgan fingerprint density at radius 2 is 1.14 bits per heavy atom. The zero-order valence-electron chi connectivity index (χ0n) is 39.6. The summed E-state index contributed by atoms with van der Waals surface area (Å²) in [5.41, 5.74) is 4.86. The van der Waals surface area contributed by atoms with Gasteiger partial charge in [0, 0.05) is 98.5 Å². The minimum absolute atomic E-state index is 0.0101. The van der Waals surface area contributed by atoms with Gasteiger partial charge in [0.15, 0.2) is 0 Å². The van der Waals surface area contributed by atoms with Crippen LogP contribution in [0.25, 0.3) is 0 Å². The van der Waals surface area contributed by atoms with Crippen molar-refractivity contribution in [2.24, 2.45) is 0 Å². The molecular formula is C48H58N16O6. The Balaban J connectivity index is 0.648. The lowest BCUT2D eigenvalue weighted by Gasteiger charge is -2.39. The predicted molar refractivity (Wildman–Crippen MR) is 254 cm³/mol. The second-order valence-electron chi connectivity index (χ2n) is 18.5. The van der Waals surface area contributed by atoms with Crippen molar-refractivity contribution >= 4 is 35.3 Å². The average Bonchev–Trinajstić information content (AvgIpc) is 4.16. The molecule has 0 spiro atoms. The first kappa shape index (κ1) is 46.6. The fourth-order valence-corrected chi connectivity index (χ4v) is 9.35. The van der Waals surface area contributed by atoms with E-state index in [1.54, 1.807) is 40.4 Å². The molecule has 4 aliphatic rings. The summed E-state index contributed by atoms with van der Waals surface area (Å²) in [4.78, 5) is 69.7. The summed E-state index contributed by atoms with van der Waals surface area (Å²) < 4.78 is 18.6. The molecule has 366 valence electrons. The van der Waals surface area contributed by atoms with Crippen molar-refractivity contribution in [3.05, 3.63) is 119 Å². The third-order valence-corrected chi connectivity index (χ3v) is 13.6. The minimum atomic E-state index is -0.748. The van der Waals surface area contributed by atoms with Gasteiger partial charge in [-0.2, -0.15) is 10.2 Å². The molecule has 2 N–H and O–H groups in total. The lowest BCUT2D eigenvalue weighted by Crippen LogP contribution is -2.52. The first-order valence-corrected chi connectivity index (χ1v) is 23.8. The predicted octanol–water partition coefficient (Wildman–Crippen LogP) is 1.01. The zero-order valence-corrected chi connectivity index (χ0v) is 39.6. The molecule has 2 saturated heterocycles. The standard InChI is InChI=1S/C48H58N16O6/c1-57-41-21-35(13-17-59-25-37(26-59)69-3)53-63(41)20-16-40(48(57)68)52-46(66)44-50-31-62(56-44)24-33-11-7-8-12-34(33)29-70-38-27-60(28-38)18-14-36-22-42-58(2)47(67)39(15-19-64(42)54-36)51-45(65)43-49-30-61(55-43)23-32-9-5-4-6-10-32/h4-12,21-22,30-31,37-40H,13-20,23-29H2,1-3H3,(H,51,65)(H,52,66)/t39-,40+/m1/s1. The molecule has 22 heteroatoms. The normalized spacial score (nSPS) is 19.0. The van der Waals surface area contributed by atoms with Gasteiger partial charge in [-0.3, -0.25) is 38.8 Å². The number of fused-ring (bicyclic) bond motifs is 2. The summed E-state index contributed by atoms with van der Waals surface area (Å²) in [5, 5.41) is 24.1. The second-order valence-corrected chi connectivity index (χ2v) is 18.5. The van der Waals surface area contributed by atoms with Gasteiger partial charge in [0.1, 0.15) is 36.4 Å². The van der Waals surface area contributed by atoms with E-state index in [4.69, 9.17) is 19.7 Å². The first-order chi connectivity index (χ1) is 34.0. The number of benzene rings is 2. The number of methoxy groups -OCH3 is 1. The second kappa shape index (κ2) is 20.4. The van der Waals surface area contributed by atoms with Crippen molar-refractivity contribution < 1.29 is 28.7 Å². The van der Waals surface area contributed by atoms with E-state index in [2.05, 4.69) is 40.6 Å². The summed E-state index contributed by atoms with van der Waals surface area (Å²) in [6, 6.07) is 20.2. The van der Waals surface area contributed by atoms with Gasteiger partial charge >= 0.3 is 0 Å². The van der Waals surface area contributed by atoms with E-state index in [9.17, 15) is 19.2 Å². The van der Waals surface area contributed by atoms with Gasteiger partial charge in [-0.25, -0.2) is 28.7 Å². The summed E-state index contributed by atoms with van der Waals surface area (Å²) in [5.74, 6) is -0.0506. The highest BCUT2D eigenvalue weighted by Gasteiger charge is 2.34. The molecule has 0 bridgehead atoms. The largest absolute Gasteiger partial charge is 0.379 e. The maximum Gasteiger partial charge on any atom is 0.291 e. The third kappa shape index (κ3) is 10.4.